The molecule has 1 aliphatic carbocycles. The maximum atomic E-state index is 15.2. The smallest absolute Gasteiger partial charge is 0.151 e. The maximum absolute atomic E-state index is 15.2. The summed E-state index contributed by atoms with van der Waals surface area (Å²) < 4.78 is 17.4. The van der Waals surface area contributed by atoms with Gasteiger partial charge in [0.25, 0.3) is 0 Å². The summed E-state index contributed by atoms with van der Waals surface area (Å²) in [6.45, 7) is 4.09. The second kappa shape index (κ2) is 7.66. The number of hydrogen-bond acceptors (Lipinski definition) is 4. The largest absolute Gasteiger partial charge is 0.345 e. The van der Waals surface area contributed by atoms with Crippen LogP contribution in [0.1, 0.15) is 49.8 Å². The number of nitrogens with zero attached hydrogens (tertiary/aromatic N) is 5. The summed E-state index contributed by atoms with van der Waals surface area (Å²) in [6.07, 6.45) is 10.8. The van der Waals surface area contributed by atoms with Crippen molar-refractivity contribution >= 4 is 22.1 Å². The zero-order valence-electron chi connectivity index (χ0n) is 18.7. The van der Waals surface area contributed by atoms with Crippen molar-refractivity contribution in [1.29, 1.82) is 0 Å². The Kier molecular flexibility index (Phi) is 4.75. The third-order valence-corrected chi connectivity index (χ3v) is 7.47. The first kappa shape index (κ1) is 19.9. The van der Waals surface area contributed by atoms with E-state index in [0.29, 0.717) is 11.6 Å². The predicted octanol–water partition coefficient (Wildman–Crippen LogP) is 5.03. The van der Waals surface area contributed by atoms with E-state index in [1.165, 1.54) is 19.3 Å². The lowest BCUT2D eigenvalue weighted by Gasteiger charge is -2.30. The number of imidazole rings is 1. The second-order valence-corrected chi connectivity index (χ2v) is 9.64. The van der Waals surface area contributed by atoms with Crippen LogP contribution in [-0.4, -0.2) is 49.5 Å². The quantitative estimate of drug-likeness (QED) is 0.491. The minimum absolute atomic E-state index is 0.274. The number of fused-ring (bicyclic) bond motifs is 2. The van der Waals surface area contributed by atoms with Crippen molar-refractivity contribution in [2.24, 2.45) is 5.92 Å². The van der Waals surface area contributed by atoms with Gasteiger partial charge in [0, 0.05) is 35.8 Å². The lowest BCUT2D eigenvalue weighted by molar-refractivity contribution is 0.222. The number of aryl methyl sites for hydroxylation is 1. The molecule has 2 fully saturated rings. The molecule has 166 valence electrons. The van der Waals surface area contributed by atoms with Crippen LogP contribution in [0.5, 0.6) is 0 Å². The lowest BCUT2D eigenvalue weighted by atomic mass is 9.83. The number of rotatable bonds is 4. The topological polar surface area (TPSA) is 62.6 Å². The molecule has 2 aliphatic rings. The van der Waals surface area contributed by atoms with Gasteiger partial charge in [0.1, 0.15) is 22.8 Å². The van der Waals surface area contributed by atoms with Crippen LogP contribution in [0, 0.1) is 18.7 Å². The minimum atomic E-state index is -0.274. The Hall–Kier alpha value is -2.80. The minimum Gasteiger partial charge on any atom is -0.345 e. The number of aromatic amines is 1. The summed E-state index contributed by atoms with van der Waals surface area (Å²) >= 11 is 0. The molecule has 1 aliphatic heterocycles. The Balaban J connectivity index is 1.41. The van der Waals surface area contributed by atoms with Crippen molar-refractivity contribution in [2.75, 3.05) is 20.1 Å². The summed E-state index contributed by atoms with van der Waals surface area (Å²) in [5.41, 5.74) is 3.94. The first-order chi connectivity index (χ1) is 15.6. The summed E-state index contributed by atoms with van der Waals surface area (Å²) in [7, 11) is 2.16. The van der Waals surface area contributed by atoms with Gasteiger partial charge in [-0.05, 0) is 63.5 Å². The molecule has 6 nitrogen and oxygen atoms in total. The van der Waals surface area contributed by atoms with E-state index in [-0.39, 0.29) is 5.82 Å². The maximum Gasteiger partial charge on any atom is 0.151 e. The molecule has 0 bridgehead atoms. The molecule has 7 heteroatoms. The molecular weight excluding hydrogens is 403 g/mol. The number of likely N-dealkylation sites (tertiary alicyclic amines) is 1. The van der Waals surface area contributed by atoms with Crippen molar-refractivity contribution in [2.45, 2.75) is 51.5 Å². The van der Waals surface area contributed by atoms with E-state index >= 15 is 4.39 Å². The van der Waals surface area contributed by atoms with Crippen molar-refractivity contribution in [3.63, 3.8) is 0 Å². The van der Waals surface area contributed by atoms with Crippen LogP contribution in [0.2, 0.25) is 0 Å². The fraction of sp³-hybridized carbons (Fsp3) is 0.480. The standard InChI is InChI=1S/C25H29FN6/c1-15-29-24-21(26)11-17(12-22(24)32(15)18-6-8-31(2)9-7-18)19-13-28-25-20(19)14-27-23(30-25)10-16-4-3-5-16/h11-14,16,18H,3-10H2,1-2H3,(H,27,28,30). The lowest BCUT2D eigenvalue weighted by Crippen LogP contribution is -2.31. The molecule has 1 aromatic carbocycles. The predicted molar refractivity (Wildman–Crippen MR) is 124 cm³/mol. The Morgan fingerprint density at radius 2 is 1.94 bits per heavy atom. The average molecular weight is 433 g/mol. The van der Waals surface area contributed by atoms with Crippen LogP contribution in [0.25, 0.3) is 33.2 Å². The molecule has 1 N–H and O–H groups in total. The molecule has 0 unspecified atom stereocenters. The molecule has 0 radical (unpaired) electrons. The van der Waals surface area contributed by atoms with E-state index in [1.807, 2.05) is 19.3 Å². The number of hydrogen-bond donors (Lipinski definition) is 1. The fourth-order valence-corrected chi connectivity index (χ4v) is 5.37. The highest BCUT2D eigenvalue weighted by atomic mass is 19.1. The van der Waals surface area contributed by atoms with Gasteiger partial charge in [0.05, 0.1) is 5.52 Å². The Morgan fingerprint density at radius 1 is 1.12 bits per heavy atom. The Bertz CT molecular complexity index is 1290. The van der Waals surface area contributed by atoms with E-state index in [9.17, 15) is 0 Å². The van der Waals surface area contributed by atoms with Crippen molar-refractivity contribution in [3.05, 3.63) is 42.0 Å². The van der Waals surface area contributed by atoms with E-state index in [0.717, 1.165) is 77.6 Å². The van der Waals surface area contributed by atoms with Gasteiger partial charge in [-0.15, -0.1) is 0 Å². The van der Waals surface area contributed by atoms with Crippen LogP contribution in [0.15, 0.2) is 24.5 Å². The van der Waals surface area contributed by atoms with Gasteiger partial charge in [-0.25, -0.2) is 19.3 Å². The highest BCUT2D eigenvalue weighted by Gasteiger charge is 2.24. The van der Waals surface area contributed by atoms with Crippen LogP contribution >= 0.6 is 0 Å². The molecule has 0 spiro atoms. The molecule has 32 heavy (non-hydrogen) atoms. The summed E-state index contributed by atoms with van der Waals surface area (Å²) in [6, 6.07) is 4.03. The van der Waals surface area contributed by atoms with E-state index in [2.05, 4.69) is 37.5 Å². The summed E-state index contributed by atoms with van der Waals surface area (Å²) in [5, 5.41) is 0.934. The van der Waals surface area contributed by atoms with Crippen molar-refractivity contribution < 1.29 is 4.39 Å². The highest BCUT2D eigenvalue weighted by Crippen LogP contribution is 2.35. The third-order valence-electron chi connectivity index (χ3n) is 7.47. The number of nitrogens with one attached hydrogen (secondary N) is 1. The molecule has 0 atom stereocenters. The molecular formula is C25H29FN6. The van der Waals surface area contributed by atoms with Gasteiger partial charge < -0.3 is 14.5 Å². The van der Waals surface area contributed by atoms with Crippen LogP contribution in [0.4, 0.5) is 4.39 Å². The first-order valence-corrected chi connectivity index (χ1v) is 11.8. The normalized spacial score (nSPS) is 18.6. The van der Waals surface area contributed by atoms with Gasteiger partial charge in [0.15, 0.2) is 5.82 Å². The molecule has 6 rings (SSSR count). The Labute approximate surface area is 186 Å². The van der Waals surface area contributed by atoms with Crippen molar-refractivity contribution in [3.8, 4) is 11.1 Å². The average Bonchev–Trinajstić information content (AvgIpc) is 3.32. The van der Waals surface area contributed by atoms with Crippen LogP contribution in [0.3, 0.4) is 0 Å². The fourth-order valence-electron chi connectivity index (χ4n) is 5.37. The number of halogens is 1. The second-order valence-electron chi connectivity index (χ2n) is 9.64. The molecule has 3 aromatic heterocycles. The number of H-pyrrole nitrogens is 1. The van der Waals surface area contributed by atoms with Gasteiger partial charge in [0.2, 0.25) is 0 Å². The van der Waals surface area contributed by atoms with E-state index in [1.54, 1.807) is 6.07 Å². The van der Waals surface area contributed by atoms with Gasteiger partial charge in [-0.2, -0.15) is 0 Å². The van der Waals surface area contributed by atoms with Crippen molar-refractivity contribution in [1.82, 2.24) is 29.4 Å². The first-order valence-electron chi connectivity index (χ1n) is 11.8. The molecule has 1 saturated heterocycles. The molecule has 1 saturated carbocycles. The van der Waals surface area contributed by atoms with Gasteiger partial charge in [-0.3, -0.25) is 0 Å². The SMILES string of the molecule is Cc1nc2c(F)cc(-c3c[nH]c4nc(CC5CCC5)ncc34)cc2n1C1CCN(C)CC1. The van der Waals surface area contributed by atoms with Crippen LogP contribution < -0.4 is 0 Å². The zero-order valence-corrected chi connectivity index (χ0v) is 18.7. The molecule has 0 amide bonds. The number of aromatic nitrogens is 5. The van der Waals surface area contributed by atoms with Gasteiger partial charge in [-0.1, -0.05) is 19.3 Å². The van der Waals surface area contributed by atoms with Gasteiger partial charge >= 0.3 is 0 Å². The number of piperidine rings is 1. The summed E-state index contributed by atoms with van der Waals surface area (Å²) in [4.78, 5) is 19.6. The molecule has 4 heterocycles. The third kappa shape index (κ3) is 3.30. The zero-order chi connectivity index (χ0) is 21.8. The van der Waals surface area contributed by atoms with E-state index < -0.39 is 0 Å². The van der Waals surface area contributed by atoms with Crippen LogP contribution in [-0.2, 0) is 6.42 Å². The Morgan fingerprint density at radius 3 is 2.69 bits per heavy atom. The van der Waals surface area contributed by atoms with E-state index in [4.69, 9.17) is 4.98 Å². The highest BCUT2D eigenvalue weighted by molar-refractivity contribution is 5.95. The summed E-state index contributed by atoms with van der Waals surface area (Å²) in [5.74, 6) is 2.23. The molecule has 4 aromatic rings. The monoisotopic (exact) mass is 432 g/mol. The number of benzene rings is 1.